The predicted octanol–water partition coefficient (Wildman–Crippen LogP) is 4.30. The van der Waals surface area contributed by atoms with Crippen LogP contribution in [0.15, 0.2) is 53.4 Å². The third kappa shape index (κ3) is 3.52. The maximum atomic E-state index is 6.22. The molecule has 18 heavy (non-hydrogen) atoms. The van der Waals surface area contributed by atoms with Gasteiger partial charge in [-0.15, -0.1) is 11.8 Å². The van der Waals surface area contributed by atoms with Crippen LogP contribution in [0.4, 0.5) is 0 Å². The largest absolute Gasteiger partial charge is 0.324 e. The fourth-order valence-corrected chi connectivity index (χ4v) is 2.51. The van der Waals surface area contributed by atoms with E-state index in [0.717, 1.165) is 17.0 Å². The van der Waals surface area contributed by atoms with Gasteiger partial charge in [0.2, 0.25) is 0 Å². The van der Waals surface area contributed by atoms with Gasteiger partial charge < -0.3 is 5.73 Å². The van der Waals surface area contributed by atoms with E-state index in [0.29, 0.717) is 0 Å². The summed E-state index contributed by atoms with van der Waals surface area (Å²) in [6, 6.07) is 16.3. The Labute approximate surface area is 117 Å². The van der Waals surface area contributed by atoms with E-state index in [9.17, 15) is 0 Å². The van der Waals surface area contributed by atoms with Crippen molar-refractivity contribution in [2.75, 3.05) is 6.26 Å². The first-order valence-electron chi connectivity index (χ1n) is 5.83. The summed E-state index contributed by atoms with van der Waals surface area (Å²) in [5.41, 5.74) is 8.55. The molecule has 0 aromatic heterocycles. The molecule has 0 bridgehead atoms. The summed E-state index contributed by atoms with van der Waals surface area (Å²) >= 11 is 7.71. The molecule has 0 saturated heterocycles. The van der Waals surface area contributed by atoms with Crippen molar-refractivity contribution in [3.8, 4) is 0 Å². The number of nitrogens with two attached hydrogens (primary N) is 1. The van der Waals surface area contributed by atoms with E-state index < -0.39 is 0 Å². The monoisotopic (exact) mass is 277 g/mol. The van der Waals surface area contributed by atoms with Gasteiger partial charge in [-0.05, 0) is 48.1 Å². The second-order valence-corrected chi connectivity index (χ2v) is 5.53. The summed E-state index contributed by atoms with van der Waals surface area (Å²) in [5, 5.41) is 0.762. The lowest BCUT2D eigenvalue weighted by atomic mass is 10.00. The van der Waals surface area contributed by atoms with Crippen LogP contribution in [0.3, 0.4) is 0 Å². The maximum absolute atomic E-state index is 6.22. The lowest BCUT2D eigenvalue weighted by Crippen LogP contribution is -2.13. The van der Waals surface area contributed by atoms with Crippen LogP contribution >= 0.6 is 23.4 Å². The van der Waals surface area contributed by atoms with E-state index >= 15 is 0 Å². The van der Waals surface area contributed by atoms with E-state index in [1.807, 2.05) is 18.2 Å². The molecule has 1 nitrogen and oxygen atoms in total. The second-order valence-electron chi connectivity index (χ2n) is 4.21. The van der Waals surface area contributed by atoms with Crippen molar-refractivity contribution < 1.29 is 0 Å². The van der Waals surface area contributed by atoms with E-state index in [2.05, 4.69) is 36.6 Å². The minimum absolute atomic E-state index is 0.0133. The molecule has 2 aromatic rings. The molecule has 2 N–H and O–H groups in total. The highest BCUT2D eigenvalue weighted by Crippen LogP contribution is 2.21. The fraction of sp³-hybridized carbons (Fsp3) is 0.200. The zero-order valence-corrected chi connectivity index (χ0v) is 11.8. The van der Waals surface area contributed by atoms with Crippen LogP contribution in [0.5, 0.6) is 0 Å². The van der Waals surface area contributed by atoms with E-state index in [1.54, 1.807) is 11.8 Å². The summed E-state index contributed by atoms with van der Waals surface area (Å²) < 4.78 is 0. The molecule has 2 aromatic carbocycles. The average molecular weight is 278 g/mol. The molecule has 2 rings (SSSR count). The van der Waals surface area contributed by atoms with Gasteiger partial charge in [0.05, 0.1) is 0 Å². The Bertz CT molecular complexity index is 510. The first-order valence-corrected chi connectivity index (χ1v) is 7.43. The third-order valence-corrected chi connectivity index (χ3v) is 3.87. The molecule has 0 amide bonds. The number of hydrogen-bond acceptors (Lipinski definition) is 2. The van der Waals surface area contributed by atoms with Gasteiger partial charge in [0, 0.05) is 16.0 Å². The van der Waals surface area contributed by atoms with Gasteiger partial charge in [0.25, 0.3) is 0 Å². The van der Waals surface area contributed by atoms with Crippen LogP contribution in [0.1, 0.15) is 17.2 Å². The average Bonchev–Trinajstić information content (AvgIpc) is 2.39. The van der Waals surface area contributed by atoms with Gasteiger partial charge >= 0.3 is 0 Å². The van der Waals surface area contributed by atoms with Crippen molar-refractivity contribution in [2.24, 2.45) is 5.73 Å². The number of hydrogen-bond donors (Lipinski definition) is 1. The molecule has 0 heterocycles. The summed E-state index contributed by atoms with van der Waals surface area (Å²) in [6.07, 6.45) is 2.88. The lowest BCUT2D eigenvalue weighted by molar-refractivity contribution is 0.721. The topological polar surface area (TPSA) is 26.0 Å². The fourth-order valence-electron chi connectivity index (χ4n) is 1.89. The van der Waals surface area contributed by atoms with Crippen LogP contribution in [-0.4, -0.2) is 6.26 Å². The maximum Gasteiger partial charge on any atom is 0.0408 e. The minimum atomic E-state index is 0.0133. The number of benzene rings is 2. The van der Waals surface area contributed by atoms with Gasteiger partial charge in [0.1, 0.15) is 0 Å². The van der Waals surface area contributed by atoms with E-state index in [1.165, 1.54) is 10.5 Å². The molecule has 0 radical (unpaired) electrons. The number of halogens is 1. The summed E-state index contributed by atoms with van der Waals surface area (Å²) in [6.45, 7) is 0. The Kier molecular flexibility index (Phi) is 4.70. The molecule has 1 atom stereocenters. The third-order valence-electron chi connectivity index (χ3n) is 2.89. The highest BCUT2D eigenvalue weighted by Gasteiger charge is 2.07. The summed E-state index contributed by atoms with van der Waals surface area (Å²) in [4.78, 5) is 1.26. The lowest BCUT2D eigenvalue weighted by Gasteiger charge is -2.12. The van der Waals surface area contributed by atoms with Crippen LogP contribution in [0.25, 0.3) is 0 Å². The van der Waals surface area contributed by atoms with Crippen molar-refractivity contribution in [3.63, 3.8) is 0 Å². The summed E-state index contributed by atoms with van der Waals surface area (Å²) in [5.74, 6) is 0. The first kappa shape index (κ1) is 13.5. The Morgan fingerprint density at radius 1 is 1.17 bits per heavy atom. The molecule has 0 spiro atoms. The van der Waals surface area contributed by atoms with Crippen molar-refractivity contribution in [1.29, 1.82) is 0 Å². The molecule has 0 saturated carbocycles. The van der Waals surface area contributed by atoms with Gasteiger partial charge in [-0.3, -0.25) is 0 Å². The summed E-state index contributed by atoms with van der Waals surface area (Å²) in [7, 11) is 0. The van der Waals surface area contributed by atoms with Gasteiger partial charge in [-0.2, -0.15) is 0 Å². The SMILES string of the molecule is CSc1ccc(C(N)Cc2cccc(Cl)c2)cc1. The molecule has 0 aliphatic rings. The minimum Gasteiger partial charge on any atom is -0.324 e. The molecule has 0 fully saturated rings. The Morgan fingerprint density at radius 2 is 1.89 bits per heavy atom. The molecule has 3 heteroatoms. The smallest absolute Gasteiger partial charge is 0.0408 e. The van der Waals surface area contributed by atoms with Gasteiger partial charge in [0.15, 0.2) is 0 Å². The van der Waals surface area contributed by atoms with Crippen molar-refractivity contribution >= 4 is 23.4 Å². The van der Waals surface area contributed by atoms with Crippen LogP contribution < -0.4 is 5.73 Å². The zero-order chi connectivity index (χ0) is 13.0. The molecular weight excluding hydrogens is 262 g/mol. The molecule has 0 aliphatic heterocycles. The number of thioether (sulfide) groups is 1. The molecule has 0 aliphatic carbocycles. The highest BCUT2D eigenvalue weighted by atomic mass is 35.5. The van der Waals surface area contributed by atoms with Crippen molar-refractivity contribution in [2.45, 2.75) is 17.4 Å². The van der Waals surface area contributed by atoms with Crippen LogP contribution in [0, 0.1) is 0 Å². The van der Waals surface area contributed by atoms with Crippen LogP contribution in [0.2, 0.25) is 5.02 Å². The first-order chi connectivity index (χ1) is 8.69. The van der Waals surface area contributed by atoms with E-state index in [4.69, 9.17) is 17.3 Å². The Morgan fingerprint density at radius 3 is 2.50 bits per heavy atom. The van der Waals surface area contributed by atoms with Gasteiger partial charge in [-0.1, -0.05) is 35.9 Å². The highest BCUT2D eigenvalue weighted by molar-refractivity contribution is 7.98. The Hall–Kier alpha value is -0.960. The van der Waals surface area contributed by atoms with Gasteiger partial charge in [-0.25, -0.2) is 0 Å². The molecule has 1 unspecified atom stereocenters. The van der Waals surface area contributed by atoms with E-state index in [-0.39, 0.29) is 6.04 Å². The Balaban J connectivity index is 2.09. The standard InChI is InChI=1S/C15H16ClNS/c1-18-14-7-5-12(6-8-14)15(17)10-11-3-2-4-13(16)9-11/h2-9,15H,10,17H2,1H3. The normalized spacial score (nSPS) is 12.4. The zero-order valence-electron chi connectivity index (χ0n) is 10.3. The predicted molar refractivity (Wildman–Crippen MR) is 80.3 cm³/mol. The number of rotatable bonds is 4. The quantitative estimate of drug-likeness (QED) is 0.843. The van der Waals surface area contributed by atoms with Crippen molar-refractivity contribution in [1.82, 2.24) is 0 Å². The van der Waals surface area contributed by atoms with Crippen molar-refractivity contribution in [3.05, 3.63) is 64.7 Å². The second kappa shape index (κ2) is 6.28. The molecule has 94 valence electrons. The van der Waals surface area contributed by atoms with Crippen LogP contribution in [-0.2, 0) is 6.42 Å². The molecular formula is C15H16ClNS.